The molecule has 1 nitrogen and oxygen atoms in total. The lowest BCUT2D eigenvalue weighted by molar-refractivity contribution is 0.767. The largest absolute Gasteiger partial charge is 0.308 e. The molecular formula is C6H6NS. The highest BCUT2D eigenvalue weighted by atomic mass is 32.1. The Bertz CT molecular complexity index is 174. The third kappa shape index (κ3) is 0.501. The second-order valence-electron chi connectivity index (χ2n) is 1.92. The fraction of sp³-hybridized carbons (Fsp3) is 0.333. The third-order valence-corrected chi connectivity index (χ3v) is 2.26. The van der Waals surface area contributed by atoms with E-state index in [0.29, 0.717) is 0 Å². The quantitative estimate of drug-likeness (QED) is 0.547. The molecule has 2 rings (SSSR count). The molecule has 0 aliphatic carbocycles. The van der Waals surface area contributed by atoms with Gasteiger partial charge in [-0.1, -0.05) is 0 Å². The van der Waals surface area contributed by atoms with Gasteiger partial charge in [-0.3, -0.25) is 0 Å². The van der Waals surface area contributed by atoms with Crippen LogP contribution < -0.4 is 5.32 Å². The van der Waals surface area contributed by atoms with Crippen LogP contribution in [0.1, 0.15) is 10.4 Å². The molecule has 0 fully saturated rings. The number of thiophene rings is 1. The Kier molecular flexibility index (Phi) is 0.889. The normalized spacial score (nSPS) is 16.5. The van der Waals surface area contributed by atoms with Crippen molar-refractivity contribution in [3.05, 3.63) is 21.9 Å². The Hall–Kier alpha value is -0.340. The smallest absolute Gasteiger partial charge is 0.0449 e. The summed E-state index contributed by atoms with van der Waals surface area (Å²) in [5.74, 6) is 0. The first kappa shape index (κ1) is 4.53. The zero-order valence-corrected chi connectivity index (χ0v) is 5.22. The van der Waals surface area contributed by atoms with Crippen molar-refractivity contribution < 1.29 is 0 Å². The topological polar surface area (TPSA) is 12.0 Å². The molecule has 8 heavy (non-hydrogen) atoms. The number of fused-ring (bicyclic) bond motifs is 1. The number of hydrogen-bond acceptors (Lipinski definition) is 2. The summed E-state index contributed by atoms with van der Waals surface area (Å²) in [6.45, 7) is 2.11. The summed E-state index contributed by atoms with van der Waals surface area (Å²) in [5, 5.41) is 6.36. The predicted octanol–water partition coefficient (Wildman–Crippen LogP) is 1.15. The Morgan fingerprint density at radius 2 is 2.62 bits per heavy atom. The van der Waals surface area contributed by atoms with E-state index >= 15 is 0 Å². The van der Waals surface area contributed by atoms with Crippen LogP contribution >= 0.6 is 11.3 Å². The van der Waals surface area contributed by atoms with Crippen molar-refractivity contribution in [3.8, 4) is 0 Å². The monoisotopic (exact) mass is 124 g/mol. The van der Waals surface area contributed by atoms with Gasteiger partial charge in [0.05, 0.1) is 0 Å². The Morgan fingerprint density at radius 1 is 1.62 bits per heavy atom. The number of nitrogens with one attached hydrogen (secondary N) is 1. The van der Waals surface area contributed by atoms with Crippen LogP contribution in [0.25, 0.3) is 0 Å². The van der Waals surface area contributed by atoms with Crippen LogP contribution in [0.3, 0.4) is 0 Å². The van der Waals surface area contributed by atoms with Crippen LogP contribution in [0.2, 0.25) is 0 Å². The van der Waals surface area contributed by atoms with Gasteiger partial charge in [0, 0.05) is 23.3 Å². The molecule has 0 bridgehead atoms. The molecule has 1 aliphatic rings. The first-order chi connectivity index (χ1) is 3.97. The fourth-order valence-corrected chi connectivity index (χ4v) is 1.71. The third-order valence-electron chi connectivity index (χ3n) is 1.37. The lowest BCUT2D eigenvalue weighted by Crippen LogP contribution is -2.00. The molecule has 0 amide bonds. The zero-order valence-electron chi connectivity index (χ0n) is 4.40. The minimum atomic E-state index is 1.05. The highest BCUT2D eigenvalue weighted by molar-refractivity contribution is 7.09. The molecule has 0 spiro atoms. The molecule has 1 aromatic heterocycles. The minimum Gasteiger partial charge on any atom is -0.308 e. The number of hydrogen-bond donors (Lipinski definition) is 1. The van der Waals surface area contributed by atoms with E-state index in [1.54, 1.807) is 11.3 Å². The molecule has 2 heterocycles. The molecule has 1 radical (unpaired) electrons. The van der Waals surface area contributed by atoms with Gasteiger partial charge >= 0.3 is 0 Å². The van der Waals surface area contributed by atoms with Gasteiger partial charge in [0.15, 0.2) is 0 Å². The van der Waals surface area contributed by atoms with Crippen molar-refractivity contribution in [2.45, 2.75) is 13.1 Å². The molecule has 0 aromatic carbocycles. The van der Waals surface area contributed by atoms with E-state index in [2.05, 4.69) is 16.8 Å². The van der Waals surface area contributed by atoms with E-state index in [9.17, 15) is 0 Å². The molecule has 1 aliphatic heterocycles. The van der Waals surface area contributed by atoms with Gasteiger partial charge in [-0.15, -0.1) is 11.3 Å². The first-order valence-corrected chi connectivity index (χ1v) is 3.47. The van der Waals surface area contributed by atoms with Gasteiger partial charge in [-0.2, -0.15) is 0 Å². The van der Waals surface area contributed by atoms with E-state index in [1.807, 2.05) is 0 Å². The fourth-order valence-electron chi connectivity index (χ4n) is 0.928. The Labute approximate surface area is 52.3 Å². The van der Waals surface area contributed by atoms with Crippen molar-refractivity contribution in [2.24, 2.45) is 0 Å². The van der Waals surface area contributed by atoms with Crippen LogP contribution in [0.5, 0.6) is 0 Å². The van der Waals surface area contributed by atoms with Gasteiger partial charge < -0.3 is 5.32 Å². The molecule has 1 N–H and O–H groups in total. The zero-order chi connectivity index (χ0) is 5.40. The maximum absolute atomic E-state index is 3.26. The summed E-state index contributed by atoms with van der Waals surface area (Å²) < 4.78 is 0. The van der Waals surface area contributed by atoms with Crippen molar-refractivity contribution in [1.82, 2.24) is 5.32 Å². The van der Waals surface area contributed by atoms with E-state index in [1.165, 1.54) is 10.4 Å². The minimum absolute atomic E-state index is 1.05. The van der Waals surface area contributed by atoms with Crippen molar-refractivity contribution >= 4 is 11.3 Å². The first-order valence-electron chi connectivity index (χ1n) is 2.65. The van der Waals surface area contributed by atoms with Crippen LogP contribution in [-0.4, -0.2) is 0 Å². The maximum atomic E-state index is 3.26. The molecule has 0 atom stereocenters. The second kappa shape index (κ2) is 1.57. The predicted molar refractivity (Wildman–Crippen MR) is 33.7 cm³/mol. The molecule has 1 aromatic rings. The van der Waals surface area contributed by atoms with Crippen LogP contribution in [0.15, 0.2) is 6.07 Å². The molecule has 0 saturated heterocycles. The lowest BCUT2D eigenvalue weighted by atomic mass is 10.3. The summed E-state index contributed by atoms with van der Waals surface area (Å²) in [7, 11) is 0. The average Bonchev–Trinajstić information content (AvgIpc) is 2.15. The van der Waals surface area contributed by atoms with Crippen LogP contribution in [0, 0.1) is 5.38 Å². The summed E-state index contributed by atoms with van der Waals surface area (Å²) in [5.41, 5.74) is 1.44. The lowest BCUT2D eigenvalue weighted by Gasteiger charge is -1.81. The van der Waals surface area contributed by atoms with Crippen molar-refractivity contribution in [1.29, 1.82) is 0 Å². The van der Waals surface area contributed by atoms with Crippen molar-refractivity contribution in [2.75, 3.05) is 0 Å². The highest BCUT2D eigenvalue weighted by Crippen LogP contribution is 2.19. The van der Waals surface area contributed by atoms with Gasteiger partial charge in [0.25, 0.3) is 0 Å². The van der Waals surface area contributed by atoms with Crippen molar-refractivity contribution in [3.63, 3.8) is 0 Å². The Balaban J connectivity index is 2.54. The van der Waals surface area contributed by atoms with Crippen LogP contribution in [0.4, 0.5) is 0 Å². The molecule has 0 saturated carbocycles. The summed E-state index contributed by atoms with van der Waals surface area (Å²) in [6, 6.07) is 2.07. The summed E-state index contributed by atoms with van der Waals surface area (Å²) >= 11 is 1.72. The highest BCUT2D eigenvalue weighted by Gasteiger charge is 2.09. The van der Waals surface area contributed by atoms with Gasteiger partial charge in [0.1, 0.15) is 0 Å². The summed E-state index contributed by atoms with van der Waals surface area (Å²) in [6.07, 6.45) is 0. The van der Waals surface area contributed by atoms with Gasteiger partial charge in [-0.05, 0) is 11.6 Å². The van der Waals surface area contributed by atoms with Gasteiger partial charge in [0.2, 0.25) is 0 Å². The van der Waals surface area contributed by atoms with E-state index in [-0.39, 0.29) is 0 Å². The van der Waals surface area contributed by atoms with E-state index in [4.69, 9.17) is 0 Å². The molecule has 41 valence electrons. The van der Waals surface area contributed by atoms with E-state index in [0.717, 1.165) is 13.1 Å². The molecular weight excluding hydrogens is 118 g/mol. The van der Waals surface area contributed by atoms with Crippen LogP contribution in [-0.2, 0) is 13.1 Å². The van der Waals surface area contributed by atoms with Gasteiger partial charge in [-0.25, -0.2) is 0 Å². The number of rotatable bonds is 0. The average molecular weight is 124 g/mol. The SMILES string of the molecule is [c]1cc2c(s1)CNC2. The van der Waals surface area contributed by atoms with E-state index < -0.39 is 0 Å². The second-order valence-corrected chi connectivity index (χ2v) is 2.85. The summed E-state index contributed by atoms with van der Waals surface area (Å²) in [4.78, 5) is 1.46. The Morgan fingerprint density at radius 3 is 3.50 bits per heavy atom. The molecule has 0 unspecified atom stereocenters. The standard InChI is InChI=1S/C6H6NS/c1-2-8-6-4-7-3-5(1)6/h1,7H,3-4H2. The maximum Gasteiger partial charge on any atom is 0.0449 e. The molecule has 2 heteroatoms.